The van der Waals surface area contributed by atoms with Gasteiger partial charge in [-0.1, -0.05) is 0 Å². The van der Waals surface area contributed by atoms with Crippen LogP contribution >= 0.6 is 0 Å². The molecule has 1 atom stereocenters. The molecule has 8 heteroatoms. The van der Waals surface area contributed by atoms with Gasteiger partial charge in [0, 0.05) is 0 Å². The Balaban J connectivity index is -0.0000000267. The first-order valence-electron chi connectivity index (χ1n) is 0.683. The van der Waals surface area contributed by atoms with E-state index in [-0.39, 0.29) is 72.6 Å². The third kappa shape index (κ3) is 72.4. The summed E-state index contributed by atoms with van der Waals surface area (Å²) in [4.78, 5) is 0. The predicted molar refractivity (Wildman–Crippen MR) is 27.7 cm³/mol. The molecule has 0 amide bonds. The van der Waals surface area contributed by atoms with Crippen molar-refractivity contribution in [2.24, 2.45) is 0 Å². The second kappa shape index (κ2) is 9.64. The summed E-state index contributed by atoms with van der Waals surface area (Å²) < 4.78 is 25.3. The summed E-state index contributed by atoms with van der Waals surface area (Å²) in [5.74, 6) is 0. The van der Waals surface area contributed by atoms with Crippen molar-refractivity contribution in [3.63, 3.8) is 0 Å². The zero-order valence-electron chi connectivity index (χ0n) is 4.53. The van der Waals surface area contributed by atoms with Crippen molar-refractivity contribution in [2.45, 2.75) is 0 Å². The Morgan fingerprint density at radius 2 is 1.50 bits per heavy atom. The normalized spacial score (nSPS) is 13.2. The van der Waals surface area contributed by atoms with Crippen LogP contribution in [-0.2, 0) is 33.7 Å². The van der Waals surface area contributed by atoms with Gasteiger partial charge in [0.1, 0.15) is 0 Å². The summed E-state index contributed by atoms with van der Waals surface area (Å²) in [6, 6.07) is 0. The fraction of sp³-hybridized carbons (Fsp3) is 0. The largest absolute Gasteiger partial charge is 1.00 e. The Labute approximate surface area is 104 Å². The average molecular weight is 192 g/mol. The minimum absolute atomic E-state index is 0. The van der Waals surface area contributed by atoms with Crippen LogP contribution in [0.2, 0.25) is 0 Å². The van der Waals surface area contributed by atoms with Crippen LogP contribution in [0.5, 0.6) is 0 Å². The van der Waals surface area contributed by atoms with E-state index in [1.807, 2.05) is 0 Å². The molecule has 0 saturated heterocycles. The molecule has 0 saturated carbocycles. The van der Waals surface area contributed by atoms with Gasteiger partial charge in [-0.25, -0.2) is 4.21 Å². The fourth-order valence-corrected chi connectivity index (χ4v) is 0. The SMILES string of the molecule is O=S([O-])(O)=S.[Na+].[Na+].[SH-]. The quantitative estimate of drug-likeness (QED) is 0.235. The molecule has 0 aromatic rings. The minimum atomic E-state index is -4.08. The summed E-state index contributed by atoms with van der Waals surface area (Å²) in [5.41, 5.74) is 0. The molecule has 40 valence electrons. The molecule has 0 aliphatic heterocycles. The van der Waals surface area contributed by atoms with E-state index < -0.39 is 9.05 Å². The molecule has 8 heavy (non-hydrogen) atoms. The zero-order chi connectivity index (χ0) is 4.50. The van der Waals surface area contributed by atoms with Crippen molar-refractivity contribution < 1.29 is 72.4 Å². The van der Waals surface area contributed by atoms with Crippen molar-refractivity contribution >= 4 is 33.7 Å². The molecule has 0 fully saturated rings. The van der Waals surface area contributed by atoms with Crippen molar-refractivity contribution in [2.75, 3.05) is 0 Å². The third-order valence-electron chi connectivity index (χ3n) is 0. The van der Waals surface area contributed by atoms with Gasteiger partial charge in [-0.05, 0) is 11.2 Å². The smallest absolute Gasteiger partial charge is 0.813 e. The van der Waals surface area contributed by atoms with Crippen molar-refractivity contribution in [1.82, 2.24) is 0 Å². The second-order valence-corrected chi connectivity index (χ2v) is 2.55. The maximum absolute atomic E-state index is 9.00. The Kier molecular flexibility index (Phi) is 27.0. The summed E-state index contributed by atoms with van der Waals surface area (Å²) in [5, 5.41) is 0. The zero-order valence-corrected chi connectivity index (χ0v) is 11.1. The number of hydrogen-bond donors (Lipinski definition) is 1. The molecule has 1 unspecified atom stereocenters. The van der Waals surface area contributed by atoms with Crippen LogP contribution in [0.4, 0.5) is 0 Å². The molecule has 0 rings (SSSR count). The summed E-state index contributed by atoms with van der Waals surface area (Å²) in [6.45, 7) is 0. The molecule has 0 radical (unpaired) electrons. The Bertz CT molecular complexity index is 95.7. The molecular weight excluding hydrogens is 190 g/mol. The van der Waals surface area contributed by atoms with Crippen LogP contribution in [0, 0.1) is 0 Å². The van der Waals surface area contributed by atoms with Crippen molar-refractivity contribution in [3.8, 4) is 0 Å². The van der Waals surface area contributed by atoms with Crippen LogP contribution in [0.15, 0.2) is 0 Å². The second-order valence-electron chi connectivity index (χ2n) is 0.428. The van der Waals surface area contributed by atoms with E-state index >= 15 is 0 Å². The van der Waals surface area contributed by atoms with Gasteiger partial charge in [0.05, 0.1) is 9.05 Å². The monoisotopic (exact) mass is 192 g/mol. The molecule has 0 aromatic heterocycles. The Morgan fingerprint density at radius 3 is 1.50 bits per heavy atom. The van der Waals surface area contributed by atoms with Gasteiger partial charge in [0.2, 0.25) is 0 Å². The summed E-state index contributed by atoms with van der Waals surface area (Å²) in [7, 11) is -4.08. The van der Waals surface area contributed by atoms with Crippen molar-refractivity contribution in [1.29, 1.82) is 0 Å². The molecule has 0 aromatic carbocycles. The van der Waals surface area contributed by atoms with E-state index in [4.69, 9.17) is 13.3 Å². The topological polar surface area (TPSA) is 60.4 Å². The number of rotatable bonds is 0. The van der Waals surface area contributed by atoms with E-state index in [1.54, 1.807) is 0 Å². The van der Waals surface area contributed by atoms with Crippen LogP contribution in [-0.4, -0.2) is 13.3 Å². The van der Waals surface area contributed by atoms with Gasteiger partial charge in [-0.2, -0.15) is 0 Å². The number of thiol groups is 1. The van der Waals surface area contributed by atoms with E-state index in [0.717, 1.165) is 0 Å². The maximum Gasteiger partial charge on any atom is 1.00 e. The first-order valence-corrected chi connectivity index (χ1v) is 3.05. The maximum atomic E-state index is 9.00. The fourth-order valence-electron chi connectivity index (χ4n) is 0. The van der Waals surface area contributed by atoms with Gasteiger partial charge in [-0.3, -0.25) is 0 Å². The van der Waals surface area contributed by atoms with Gasteiger partial charge < -0.3 is 22.6 Å². The Hall–Kier alpha value is 2.64. The molecule has 0 bridgehead atoms. The van der Waals surface area contributed by atoms with Crippen LogP contribution in [0.25, 0.3) is 0 Å². The van der Waals surface area contributed by atoms with Gasteiger partial charge in [0.25, 0.3) is 0 Å². The molecule has 0 spiro atoms. The molecule has 0 heterocycles. The van der Waals surface area contributed by atoms with Gasteiger partial charge >= 0.3 is 59.1 Å². The molecule has 1 N–H and O–H groups in total. The van der Waals surface area contributed by atoms with Gasteiger partial charge in [-0.15, -0.1) is 0 Å². The number of hydrogen-bond acceptors (Lipinski definition) is 4. The average Bonchev–Trinajstić information content (AvgIpc) is 0.722. The van der Waals surface area contributed by atoms with Gasteiger partial charge in [0.15, 0.2) is 0 Å². The first-order chi connectivity index (χ1) is 2.00. The van der Waals surface area contributed by atoms with Crippen molar-refractivity contribution in [3.05, 3.63) is 0 Å². The van der Waals surface area contributed by atoms with Crippen LogP contribution in [0.1, 0.15) is 0 Å². The van der Waals surface area contributed by atoms with E-state index in [9.17, 15) is 0 Å². The van der Waals surface area contributed by atoms with Crippen LogP contribution in [0.3, 0.4) is 0 Å². The standard InChI is InChI=1S/2Na.H2O3S2.H2S/c;;1-5(2,3)4;/h;;(H2,1,2,3,4);1H2/q2*+1;;/p-2. The molecular formula is H2Na2O3S3. The first kappa shape index (κ1) is 22.4. The molecule has 3 nitrogen and oxygen atoms in total. The minimum Gasteiger partial charge on any atom is -0.813 e. The molecule has 0 aliphatic rings. The Morgan fingerprint density at radius 1 is 1.50 bits per heavy atom. The third-order valence-corrected chi connectivity index (χ3v) is 0. The summed E-state index contributed by atoms with van der Waals surface area (Å²) >= 11 is 3.35. The van der Waals surface area contributed by atoms with E-state index in [1.165, 1.54) is 0 Å². The molecule has 0 aliphatic carbocycles. The summed E-state index contributed by atoms with van der Waals surface area (Å²) in [6.07, 6.45) is 0. The van der Waals surface area contributed by atoms with E-state index in [2.05, 4.69) is 11.2 Å². The van der Waals surface area contributed by atoms with E-state index in [0.29, 0.717) is 0 Å². The predicted octanol–water partition coefficient (Wildman–Crippen LogP) is -6.93. The van der Waals surface area contributed by atoms with Crippen LogP contribution < -0.4 is 59.1 Å².